The molecule has 0 radical (unpaired) electrons. The lowest BCUT2D eigenvalue weighted by Gasteiger charge is -2.35. The molecule has 2 aromatic heterocycles. The number of halogens is 1. The summed E-state index contributed by atoms with van der Waals surface area (Å²) in [5.74, 6) is -0.419. The molecule has 8 rings (SSSR count). The number of ether oxygens (including phenoxy) is 4. The molecule has 2 aliphatic heterocycles. The molecule has 63 heavy (non-hydrogen) atoms. The minimum atomic E-state index is -1.42. The number of anilines is 1. The molecule has 16 nitrogen and oxygen atoms in total. The summed E-state index contributed by atoms with van der Waals surface area (Å²) < 4.78 is 24.6. The smallest absolute Gasteiger partial charge is 0.408 e. The molecule has 9 atom stereocenters. The van der Waals surface area contributed by atoms with Crippen molar-refractivity contribution >= 4 is 62.8 Å². The third-order valence-corrected chi connectivity index (χ3v) is 14.4. The van der Waals surface area contributed by atoms with E-state index in [1.807, 2.05) is 60.0 Å². The van der Waals surface area contributed by atoms with Crippen LogP contribution in [0.1, 0.15) is 80.1 Å². The van der Waals surface area contributed by atoms with E-state index >= 15 is 0 Å². The van der Waals surface area contributed by atoms with Gasteiger partial charge in [0.25, 0.3) is 0 Å². The lowest BCUT2D eigenvalue weighted by atomic mass is 9.85. The molecule has 3 amide bonds. The van der Waals surface area contributed by atoms with Gasteiger partial charge in [-0.15, -0.1) is 11.3 Å². The maximum atomic E-state index is 14.8. The Morgan fingerprint density at radius 3 is 2.49 bits per heavy atom. The van der Waals surface area contributed by atoms with Gasteiger partial charge in [0.05, 0.1) is 37.0 Å². The van der Waals surface area contributed by atoms with E-state index in [1.54, 1.807) is 12.1 Å². The maximum Gasteiger partial charge on any atom is 0.408 e. The first-order valence-corrected chi connectivity index (χ1v) is 23.5. The predicted molar refractivity (Wildman–Crippen MR) is 238 cm³/mol. The fourth-order valence-electron chi connectivity index (χ4n) is 9.37. The number of alkyl carbamates (subject to hydrolysis) is 1. The normalized spacial score (nSPS) is 28.3. The number of benzene rings is 1. The number of aromatic nitrogens is 2. The van der Waals surface area contributed by atoms with Gasteiger partial charge in [0, 0.05) is 35.8 Å². The Bertz CT molecular complexity index is 2230. The molecule has 4 N–H and O–H groups in total. The van der Waals surface area contributed by atoms with Crippen molar-refractivity contribution in [2.45, 2.75) is 122 Å². The predicted octanol–water partition coefficient (Wildman–Crippen LogP) is 6.20. The Labute approximate surface area is 377 Å². The van der Waals surface area contributed by atoms with Gasteiger partial charge < -0.3 is 44.9 Å². The summed E-state index contributed by atoms with van der Waals surface area (Å²) >= 11 is 8.57. The second-order valence-corrected chi connectivity index (χ2v) is 20.6. The molecule has 18 heteroatoms. The van der Waals surface area contributed by atoms with Crippen LogP contribution in [0.3, 0.4) is 0 Å². The van der Waals surface area contributed by atoms with Gasteiger partial charge in [-0.25, -0.2) is 19.6 Å². The van der Waals surface area contributed by atoms with Crippen LogP contribution >= 0.6 is 22.9 Å². The molecular weight excluding hydrogens is 850 g/mol. The third-order valence-electron chi connectivity index (χ3n) is 13.3. The standard InChI is InChI=1S/C45H60ClN7O9S/c1-8-26-18-45(26,41(56)57)51-39(54)33-16-29(19-53(33)40(55)38(44(4,5)6)50-43(58)62-28-14-24-13-25(24)15-28)61-35-17-31(32-22-63-42(49-32)47-23(2)3)48-37-30(35)9-10-34(36(37)46)60-21-27-20-59-12-11-52(27)7/h9-10,17,22-29,33,38H,8,11-16,18-21H2,1-7H3,(H,47,49)(H,50,58)(H,51,54)(H,56,57)/t24-,25+,26-,27+,28+,29-,33+,38-,45-/m1/s1. The SMILES string of the molecule is CC[C@@H]1C[C@]1(NC(=O)[C@@H]1C[C@@H](Oc2cc(-c3csc(NC(C)C)n3)nc3c(Cl)c(OC[C@@H]4COCCN4C)ccc23)CN1C(=O)[C@@H](NC(=O)O[C@@H]1C[C@@H]2C[C@@H]2C1)C(C)(C)C)C(=O)O. The van der Waals surface area contributed by atoms with Crippen LogP contribution in [0.4, 0.5) is 9.93 Å². The number of likely N-dealkylation sites (N-methyl/N-ethyl adjacent to an activating group) is 1. The quantitative estimate of drug-likeness (QED) is 0.135. The van der Waals surface area contributed by atoms with Crippen LogP contribution < -0.4 is 25.4 Å². The molecule has 0 unspecified atom stereocenters. The van der Waals surface area contributed by atoms with Crippen LogP contribution in [0.2, 0.25) is 5.02 Å². The summed E-state index contributed by atoms with van der Waals surface area (Å²) in [6.07, 6.45) is 2.09. The first kappa shape index (κ1) is 45.1. The molecule has 4 heterocycles. The first-order valence-electron chi connectivity index (χ1n) is 22.2. The molecule has 2 saturated heterocycles. The average Bonchev–Trinajstić information content (AvgIpc) is 3.90. The molecule has 3 aliphatic carbocycles. The van der Waals surface area contributed by atoms with Crippen molar-refractivity contribution in [3.8, 4) is 22.9 Å². The number of hydrogen-bond acceptors (Lipinski definition) is 13. The van der Waals surface area contributed by atoms with Crippen molar-refractivity contribution in [3.63, 3.8) is 0 Å². The molecule has 3 aromatic rings. The highest BCUT2D eigenvalue weighted by atomic mass is 35.5. The Balaban J connectivity index is 1.10. The number of hydrogen-bond donors (Lipinski definition) is 4. The number of fused-ring (bicyclic) bond motifs is 2. The Kier molecular flexibility index (Phi) is 12.8. The second-order valence-electron chi connectivity index (χ2n) is 19.4. The number of carbonyl (C=O) groups is 4. The number of carboxylic acid groups (broad SMARTS) is 1. The molecule has 3 saturated carbocycles. The van der Waals surface area contributed by atoms with Gasteiger partial charge in [-0.2, -0.15) is 0 Å². The minimum absolute atomic E-state index is 0.0340. The van der Waals surface area contributed by atoms with E-state index in [0.29, 0.717) is 78.3 Å². The van der Waals surface area contributed by atoms with Crippen LogP contribution in [0.25, 0.3) is 22.3 Å². The van der Waals surface area contributed by atoms with Crippen molar-refractivity contribution in [1.29, 1.82) is 0 Å². The minimum Gasteiger partial charge on any atom is -0.490 e. The third kappa shape index (κ3) is 9.67. The van der Waals surface area contributed by atoms with Gasteiger partial charge in [-0.3, -0.25) is 14.5 Å². The van der Waals surface area contributed by atoms with Crippen LogP contribution in [0, 0.1) is 23.2 Å². The van der Waals surface area contributed by atoms with Crippen molar-refractivity contribution in [3.05, 3.63) is 28.6 Å². The summed E-state index contributed by atoms with van der Waals surface area (Å²) in [5.41, 5.74) is -0.714. The van der Waals surface area contributed by atoms with E-state index in [0.717, 1.165) is 24.5 Å². The summed E-state index contributed by atoms with van der Waals surface area (Å²) in [7, 11) is 2.03. The van der Waals surface area contributed by atoms with Crippen molar-refractivity contribution < 1.29 is 43.2 Å². The Morgan fingerprint density at radius 2 is 1.83 bits per heavy atom. The number of rotatable bonds is 15. The van der Waals surface area contributed by atoms with Gasteiger partial charge in [0.1, 0.15) is 58.7 Å². The summed E-state index contributed by atoms with van der Waals surface area (Å²) in [4.78, 5) is 68.4. The van der Waals surface area contributed by atoms with Gasteiger partial charge in [-0.05, 0) is 81.9 Å². The Morgan fingerprint density at radius 1 is 1.06 bits per heavy atom. The molecule has 0 spiro atoms. The number of pyridine rings is 1. The lowest BCUT2D eigenvalue weighted by Crippen LogP contribution is -2.59. The van der Waals surface area contributed by atoms with Gasteiger partial charge in [-0.1, -0.05) is 45.7 Å². The molecule has 5 aliphatic rings. The lowest BCUT2D eigenvalue weighted by molar-refractivity contribution is -0.146. The van der Waals surface area contributed by atoms with Gasteiger partial charge in [0.15, 0.2) is 5.13 Å². The zero-order valence-corrected chi connectivity index (χ0v) is 38.6. The number of carboxylic acids is 1. The van der Waals surface area contributed by atoms with E-state index in [1.165, 1.54) is 22.7 Å². The van der Waals surface area contributed by atoms with E-state index in [2.05, 4.69) is 20.9 Å². The Hall–Kier alpha value is -4.45. The number of carbonyl (C=O) groups excluding carboxylic acids is 3. The van der Waals surface area contributed by atoms with E-state index in [-0.39, 0.29) is 42.1 Å². The fraction of sp³-hybridized carbons (Fsp3) is 0.644. The maximum absolute atomic E-state index is 14.8. The van der Waals surface area contributed by atoms with Gasteiger partial charge >= 0.3 is 12.1 Å². The summed E-state index contributed by atoms with van der Waals surface area (Å²) in [6, 6.07) is 3.39. The molecule has 5 fully saturated rings. The molecule has 342 valence electrons. The first-order chi connectivity index (χ1) is 29.9. The average molecular weight is 911 g/mol. The van der Waals surface area contributed by atoms with Crippen LogP contribution in [0.5, 0.6) is 11.5 Å². The number of morpholine rings is 1. The van der Waals surface area contributed by atoms with Crippen LogP contribution in [0.15, 0.2) is 23.6 Å². The number of likely N-dealkylation sites (tertiary alicyclic amines) is 1. The van der Waals surface area contributed by atoms with Crippen LogP contribution in [-0.2, 0) is 23.9 Å². The topological polar surface area (TPSA) is 194 Å². The number of aliphatic carboxylic acids is 1. The summed E-state index contributed by atoms with van der Waals surface area (Å²) in [6.45, 7) is 13.8. The zero-order valence-electron chi connectivity index (χ0n) is 37.1. The zero-order chi connectivity index (χ0) is 45.0. The van der Waals surface area contributed by atoms with E-state index < -0.39 is 53.0 Å². The highest BCUT2D eigenvalue weighted by Gasteiger charge is 2.61. The monoisotopic (exact) mass is 909 g/mol. The molecular formula is C45H60ClN7O9S. The van der Waals surface area contributed by atoms with Crippen molar-refractivity contribution in [1.82, 2.24) is 30.4 Å². The van der Waals surface area contributed by atoms with Crippen molar-refractivity contribution in [2.75, 3.05) is 45.3 Å². The van der Waals surface area contributed by atoms with Crippen LogP contribution in [-0.4, -0.2) is 131 Å². The number of nitrogens with one attached hydrogen (secondary N) is 3. The highest BCUT2D eigenvalue weighted by Crippen LogP contribution is 2.52. The highest BCUT2D eigenvalue weighted by molar-refractivity contribution is 7.14. The number of thiazole rings is 1. The number of amides is 3. The fourth-order valence-corrected chi connectivity index (χ4v) is 10.5. The summed E-state index contributed by atoms with van der Waals surface area (Å²) in [5, 5.41) is 22.7. The largest absolute Gasteiger partial charge is 0.490 e. The van der Waals surface area contributed by atoms with Gasteiger partial charge in [0.2, 0.25) is 11.8 Å². The number of nitrogens with zero attached hydrogens (tertiary/aromatic N) is 4. The molecule has 0 bridgehead atoms. The second kappa shape index (κ2) is 17.8. The van der Waals surface area contributed by atoms with E-state index in [9.17, 15) is 24.3 Å². The molecule has 1 aromatic carbocycles. The van der Waals surface area contributed by atoms with E-state index in [4.69, 9.17) is 40.5 Å². The van der Waals surface area contributed by atoms with Crippen molar-refractivity contribution in [2.24, 2.45) is 23.2 Å².